The van der Waals surface area contributed by atoms with Crippen LogP contribution in [0.5, 0.6) is 0 Å². The molecule has 1 aromatic rings. The van der Waals surface area contributed by atoms with E-state index in [1.165, 1.54) is 6.07 Å². The summed E-state index contributed by atoms with van der Waals surface area (Å²) in [4.78, 5) is 23.7. The molecule has 6 heteroatoms. The number of nitrogens with one attached hydrogen (secondary N) is 1. The van der Waals surface area contributed by atoms with Gasteiger partial charge in [-0.05, 0) is 26.8 Å². The Labute approximate surface area is 106 Å². The Bertz CT molecular complexity index is 456. The lowest BCUT2D eigenvalue weighted by Gasteiger charge is -2.19. The van der Waals surface area contributed by atoms with Crippen LogP contribution in [0.4, 0.5) is 16.2 Å². The lowest BCUT2D eigenvalue weighted by molar-refractivity contribution is -0.385. The van der Waals surface area contributed by atoms with Gasteiger partial charge in [0.15, 0.2) is 0 Å². The first-order chi connectivity index (χ1) is 8.49. The number of nitrogens with zero attached hydrogens (tertiary/aromatic N) is 2. The van der Waals surface area contributed by atoms with Crippen molar-refractivity contribution in [1.82, 2.24) is 4.90 Å². The molecule has 98 valence electrons. The second-order valence-corrected chi connectivity index (χ2v) is 3.86. The number of anilines is 1. The first kappa shape index (κ1) is 14.0. The van der Waals surface area contributed by atoms with E-state index in [1.54, 1.807) is 24.0 Å². The molecule has 0 aromatic heterocycles. The Morgan fingerprint density at radius 2 is 2.00 bits per heavy atom. The summed E-state index contributed by atoms with van der Waals surface area (Å²) >= 11 is 0. The molecule has 0 atom stereocenters. The molecule has 1 N–H and O–H groups in total. The van der Waals surface area contributed by atoms with Crippen LogP contribution in [0.2, 0.25) is 0 Å². The zero-order valence-electron chi connectivity index (χ0n) is 10.8. The highest BCUT2D eigenvalue weighted by molar-refractivity contribution is 5.89. The lowest BCUT2D eigenvalue weighted by Crippen LogP contribution is -2.34. The molecule has 0 saturated carbocycles. The molecule has 2 amide bonds. The molecule has 0 fully saturated rings. The Kier molecular flexibility index (Phi) is 4.65. The first-order valence-electron chi connectivity index (χ1n) is 5.80. The number of nitro benzene ring substituents is 1. The molecule has 1 aromatic carbocycles. The van der Waals surface area contributed by atoms with Crippen molar-refractivity contribution < 1.29 is 9.72 Å². The summed E-state index contributed by atoms with van der Waals surface area (Å²) in [5.41, 5.74) is 1.01. The minimum atomic E-state index is -0.456. The van der Waals surface area contributed by atoms with Crippen LogP contribution < -0.4 is 5.32 Å². The van der Waals surface area contributed by atoms with Gasteiger partial charge in [-0.15, -0.1) is 0 Å². The minimum absolute atomic E-state index is 0.00680. The average molecular weight is 251 g/mol. The van der Waals surface area contributed by atoms with E-state index in [-0.39, 0.29) is 11.7 Å². The molecular weight excluding hydrogens is 234 g/mol. The molecule has 1 rings (SSSR count). The van der Waals surface area contributed by atoms with Gasteiger partial charge in [0, 0.05) is 30.4 Å². The van der Waals surface area contributed by atoms with Gasteiger partial charge in [0.05, 0.1) is 4.92 Å². The van der Waals surface area contributed by atoms with Crippen LogP contribution >= 0.6 is 0 Å². The van der Waals surface area contributed by atoms with Gasteiger partial charge in [-0.1, -0.05) is 6.07 Å². The Balaban J connectivity index is 2.89. The molecule has 0 aliphatic carbocycles. The topological polar surface area (TPSA) is 75.5 Å². The predicted molar refractivity (Wildman–Crippen MR) is 69.8 cm³/mol. The summed E-state index contributed by atoms with van der Waals surface area (Å²) in [5.74, 6) is 0. The second-order valence-electron chi connectivity index (χ2n) is 3.86. The van der Waals surface area contributed by atoms with Crippen LogP contribution in [0.3, 0.4) is 0 Å². The zero-order chi connectivity index (χ0) is 13.7. The Morgan fingerprint density at radius 3 is 2.50 bits per heavy atom. The normalized spacial score (nSPS) is 9.94. The van der Waals surface area contributed by atoms with Crippen LogP contribution in [0, 0.1) is 17.0 Å². The largest absolute Gasteiger partial charge is 0.325 e. The summed E-state index contributed by atoms with van der Waals surface area (Å²) in [7, 11) is 0. The smallest absolute Gasteiger partial charge is 0.321 e. The van der Waals surface area contributed by atoms with Crippen molar-refractivity contribution in [1.29, 1.82) is 0 Å². The minimum Gasteiger partial charge on any atom is -0.325 e. The van der Waals surface area contributed by atoms with Crippen LogP contribution in [0.15, 0.2) is 18.2 Å². The average Bonchev–Trinajstić information content (AvgIpc) is 2.32. The summed E-state index contributed by atoms with van der Waals surface area (Å²) in [6.45, 7) is 6.60. The fraction of sp³-hybridized carbons (Fsp3) is 0.417. The molecule has 0 heterocycles. The molecule has 0 spiro atoms. The van der Waals surface area contributed by atoms with E-state index in [0.29, 0.717) is 24.3 Å². The number of urea groups is 1. The van der Waals surface area contributed by atoms with E-state index in [2.05, 4.69) is 5.32 Å². The standard InChI is InChI=1S/C12H17N3O3/c1-4-14(5-2)12(16)13-10-7-6-9(3)11(8-10)15(17)18/h6-8H,4-5H2,1-3H3,(H,13,16). The number of carbonyl (C=O) groups is 1. The van der Waals surface area contributed by atoms with E-state index >= 15 is 0 Å². The van der Waals surface area contributed by atoms with Gasteiger partial charge in [0.1, 0.15) is 0 Å². The van der Waals surface area contributed by atoms with E-state index in [4.69, 9.17) is 0 Å². The number of hydrogen-bond acceptors (Lipinski definition) is 3. The maximum absolute atomic E-state index is 11.8. The van der Waals surface area contributed by atoms with Gasteiger partial charge in [-0.25, -0.2) is 4.79 Å². The second kappa shape index (κ2) is 6.00. The van der Waals surface area contributed by atoms with Gasteiger partial charge in [0.25, 0.3) is 5.69 Å². The van der Waals surface area contributed by atoms with Crippen LogP contribution in [-0.4, -0.2) is 28.9 Å². The summed E-state index contributed by atoms with van der Waals surface area (Å²) in [5, 5.41) is 13.4. The molecule has 18 heavy (non-hydrogen) atoms. The Hall–Kier alpha value is -2.11. The van der Waals surface area contributed by atoms with Gasteiger partial charge >= 0.3 is 6.03 Å². The molecule has 6 nitrogen and oxygen atoms in total. The third-order valence-corrected chi connectivity index (χ3v) is 2.71. The fourth-order valence-corrected chi connectivity index (χ4v) is 1.60. The summed E-state index contributed by atoms with van der Waals surface area (Å²) in [6, 6.07) is 4.40. The zero-order valence-corrected chi connectivity index (χ0v) is 10.8. The summed E-state index contributed by atoms with van der Waals surface area (Å²) in [6.07, 6.45) is 0. The molecule has 0 radical (unpaired) electrons. The van der Waals surface area contributed by atoms with Crippen LogP contribution in [-0.2, 0) is 0 Å². The van der Waals surface area contributed by atoms with Crippen molar-refractivity contribution in [3.05, 3.63) is 33.9 Å². The van der Waals surface area contributed by atoms with E-state index in [9.17, 15) is 14.9 Å². The highest BCUT2D eigenvalue weighted by Gasteiger charge is 2.14. The monoisotopic (exact) mass is 251 g/mol. The molecule has 0 unspecified atom stereocenters. The number of aryl methyl sites for hydroxylation is 1. The quantitative estimate of drug-likeness (QED) is 0.660. The van der Waals surface area contributed by atoms with Gasteiger partial charge in [-0.3, -0.25) is 10.1 Å². The SMILES string of the molecule is CCN(CC)C(=O)Nc1ccc(C)c([N+](=O)[O-])c1. The number of carbonyl (C=O) groups excluding carboxylic acids is 1. The molecule has 0 aliphatic heterocycles. The first-order valence-corrected chi connectivity index (χ1v) is 5.80. The third kappa shape index (κ3) is 3.19. The predicted octanol–water partition coefficient (Wildman–Crippen LogP) is 2.78. The summed E-state index contributed by atoms with van der Waals surface area (Å²) < 4.78 is 0. The van der Waals surface area contributed by atoms with Gasteiger partial charge in [-0.2, -0.15) is 0 Å². The third-order valence-electron chi connectivity index (χ3n) is 2.71. The Morgan fingerprint density at radius 1 is 1.39 bits per heavy atom. The van der Waals surface area contributed by atoms with Crippen LogP contribution in [0.25, 0.3) is 0 Å². The van der Waals surface area contributed by atoms with Crippen molar-refractivity contribution in [3.63, 3.8) is 0 Å². The highest BCUT2D eigenvalue weighted by atomic mass is 16.6. The van der Waals surface area contributed by atoms with Crippen molar-refractivity contribution in [3.8, 4) is 0 Å². The molecule has 0 aliphatic rings. The van der Waals surface area contributed by atoms with E-state index in [0.717, 1.165) is 0 Å². The molecule has 0 saturated heterocycles. The number of hydrogen-bond donors (Lipinski definition) is 1. The number of nitro groups is 1. The molecular formula is C12H17N3O3. The van der Waals surface area contributed by atoms with Crippen molar-refractivity contribution in [2.75, 3.05) is 18.4 Å². The van der Waals surface area contributed by atoms with Gasteiger partial charge < -0.3 is 10.2 Å². The number of amides is 2. The lowest BCUT2D eigenvalue weighted by atomic mass is 10.2. The van der Waals surface area contributed by atoms with Crippen molar-refractivity contribution in [2.24, 2.45) is 0 Å². The number of rotatable bonds is 4. The maximum Gasteiger partial charge on any atom is 0.321 e. The molecule has 0 bridgehead atoms. The van der Waals surface area contributed by atoms with Crippen LogP contribution in [0.1, 0.15) is 19.4 Å². The van der Waals surface area contributed by atoms with Gasteiger partial charge in [0.2, 0.25) is 0 Å². The fourth-order valence-electron chi connectivity index (χ4n) is 1.60. The highest BCUT2D eigenvalue weighted by Crippen LogP contribution is 2.22. The van der Waals surface area contributed by atoms with E-state index < -0.39 is 4.92 Å². The van der Waals surface area contributed by atoms with Crippen molar-refractivity contribution >= 4 is 17.4 Å². The van der Waals surface area contributed by atoms with Crippen molar-refractivity contribution in [2.45, 2.75) is 20.8 Å². The maximum atomic E-state index is 11.8. The number of benzene rings is 1. The van der Waals surface area contributed by atoms with E-state index in [1.807, 2.05) is 13.8 Å².